The number of nitro groups is 1. The summed E-state index contributed by atoms with van der Waals surface area (Å²) in [5.74, 6) is -0.209. The lowest BCUT2D eigenvalue weighted by molar-refractivity contribution is -0.384. The Kier molecular flexibility index (Phi) is 19.8. The van der Waals surface area contributed by atoms with Crippen molar-refractivity contribution in [2.24, 2.45) is 0 Å². The molecular weight excluding hydrogens is 735 g/mol. The second-order valence-electron chi connectivity index (χ2n) is 13.5. The Labute approximate surface area is 321 Å². The highest BCUT2D eigenvalue weighted by atomic mass is 79.9. The smallest absolute Gasteiger partial charge is 0.269 e. The summed E-state index contributed by atoms with van der Waals surface area (Å²) in [5, 5.41) is 38.2. The average Bonchev–Trinajstić information content (AvgIpc) is 3.17. The molecule has 4 aromatic carbocycles. The second-order valence-corrected chi connectivity index (χ2v) is 17.2. The van der Waals surface area contributed by atoms with E-state index in [1.165, 1.54) is 111 Å². The zero-order valence-corrected chi connectivity index (χ0v) is 32.8. The lowest BCUT2D eigenvalue weighted by Gasteiger charge is -2.27. The van der Waals surface area contributed by atoms with Crippen LogP contribution in [-0.2, 0) is 4.79 Å². The number of rotatable bonds is 24. The summed E-state index contributed by atoms with van der Waals surface area (Å²) in [6.45, 7) is -0.427. The van der Waals surface area contributed by atoms with Gasteiger partial charge in [-0.1, -0.05) is 119 Å². The largest absolute Gasteiger partial charge is 1.00 e. The van der Waals surface area contributed by atoms with E-state index in [1.54, 1.807) is 0 Å². The summed E-state index contributed by atoms with van der Waals surface area (Å²) in [5.41, 5.74) is 0.327. The van der Waals surface area contributed by atoms with E-state index in [0.717, 1.165) is 19.3 Å². The number of benzene rings is 4. The SMILES string of the molecule is O=C(CCCCCCCCCCCCCCC[P+](c1ccccc1)(c1ccccc1)c1ccccc1)N[C@H](CO)[C@H](O)c1ccc([N+](=O)[O-])cc1.[Br-]. The standard InChI is InChI=1S/C43H55N2O5P.BrH/c46-35-41(43(48)36-30-32-37(33-31-36)45(49)50)44-42(47)29-21-10-8-6-4-2-1-3-5-7-9-11-22-34-51(38-23-15-12-16-24-38,39-25-17-13-18-26-39)40-27-19-14-20-28-40;/h12-20,23-28,30-33,41,43,46,48H,1-11,21-22,29,34-35H2;1H/t41-,43-;/m1./s1. The fraction of sp³-hybridized carbons (Fsp3) is 0.419. The topological polar surface area (TPSA) is 113 Å². The minimum absolute atomic E-state index is 0. The van der Waals surface area contributed by atoms with Crippen LogP contribution in [0.25, 0.3) is 0 Å². The minimum atomic E-state index is -1.72. The van der Waals surface area contributed by atoms with E-state index in [2.05, 4.69) is 96.3 Å². The van der Waals surface area contributed by atoms with Crippen molar-refractivity contribution in [1.29, 1.82) is 0 Å². The van der Waals surface area contributed by atoms with Gasteiger partial charge < -0.3 is 32.5 Å². The van der Waals surface area contributed by atoms with Crippen LogP contribution in [0, 0.1) is 10.1 Å². The van der Waals surface area contributed by atoms with E-state index in [1.807, 2.05) is 0 Å². The molecule has 0 saturated carbocycles. The van der Waals surface area contributed by atoms with Crippen molar-refractivity contribution in [3.63, 3.8) is 0 Å². The zero-order valence-electron chi connectivity index (χ0n) is 30.3. The summed E-state index contributed by atoms with van der Waals surface area (Å²) in [7, 11) is -1.72. The molecule has 1 amide bonds. The molecular formula is C43H56BrN2O5P. The maximum atomic E-state index is 12.4. The van der Waals surface area contributed by atoms with Crippen molar-refractivity contribution in [3.8, 4) is 0 Å². The Balaban J connectivity index is 0.00000729. The van der Waals surface area contributed by atoms with E-state index in [-0.39, 0.29) is 28.6 Å². The third kappa shape index (κ3) is 13.2. The Morgan fingerprint density at radius 3 is 1.38 bits per heavy atom. The van der Waals surface area contributed by atoms with Gasteiger partial charge in [-0.2, -0.15) is 0 Å². The number of hydrogen-bond acceptors (Lipinski definition) is 5. The first-order valence-corrected chi connectivity index (χ1v) is 20.8. The van der Waals surface area contributed by atoms with Gasteiger partial charge in [0, 0.05) is 18.6 Å². The average molecular weight is 792 g/mol. The van der Waals surface area contributed by atoms with Crippen LogP contribution in [0.5, 0.6) is 0 Å². The number of amides is 1. The number of carbonyl (C=O) groups is 1. The first-order chi connectivity index (χ1) is 25.0. The molecule has 0 aliphatic carbocycles. The summed E-state index contributed by atoms with van der Waals surface area (Å²) in [6.07, 6.45) is 15.9. The van der Waals surface area contributed by atoms with E-state index in [9.17, 15) is 25.1 Å². The van der Waals surface area contributed by atoms with E-state index in [4.69, 9.17) is 0 Å². The Hall–Kier alpha value is -3.42. The normalized spacial score (nSPS) is 12.4. The number of nitrogens with one attached hydrogen (secondary N) is 1. The Bertz CT molecular complexity index is 1460. The van der Waals surface area contributed by atoms with Gasteiger partial charge in [0.2, 0.25) is 5.91 Å². The van der Waals surface area contributed by atoms with Gasteiger partial charge in [-0.3, -0.25) is 14.9 Å². The predicted octanol–water partition coefficient (Wildman–Crippen LogP) is 5.56. The Morgan fingerprint density at radius 2 is 1.00 bits per heavy atom. The molecule has 7 nitrogen and oxygen atoms in total. The number of aliphatic hydroxyl groups is 2. The number of nitro benzene ring substituents is 1. The van der Waals surface area contributed by atoms with Crippen LogP contribution in [-0.4, -0.2) is 39.9 Å². The maximum Gasteiger partial charge on any atom is 0.269 e. The molecule has 4 aromatic rings. The number of aliphatic hydroxyl groups excluding tert-OH is 2. The molecule has 0 radical (unpaired) electrons. The number of unbranched alkanes of at least 4 members (excludes halogenated alkanes) is 12. The van der Waals surface area contributed by atoms with Crippen LogP contribution in [0.3, 0.4) is 0 Å². The monoisotopic (exact) mass is 790 g/mol. The molecule has 4 rings (SSSR count). The van der Waals surface area contributed by atoms with Gasteiger partial charge in [0.05, 0.1) is 23.7 Å². The van der Waals surface area contributed by atoms with Crippen molar-refractivity contribution in [1.82, 2.24) is 5.32 Å². The van der Waals surface area contributed by atoms with Gasteiger partial charge in [0.25, 0.3) is 5.69 Å². The lowest BCUT2D eigenvalue weighted by atomic mass is 10.0. The van der Waals surface area contributed by atoms with Crippen LogP contribution in [0.4, 0.5) is 5.69 Å². The molecule has 0 saturated heterocycles. The highest BCUT2D eigenvalue weighted by Gasteiger charge is 2.44. The predicted molar refractivity (Wildman–Crippen MR) is 212 cm³/mol. The first kappa shape index (κ1) is 43.0. The molecule has 0 heterocycles. The van der Waals surface area contributed by atoms with Gasteiger partial charge in [-0.25, -0.2) is 0 Å². The van der Waals surface area contributed by atoms with Crippen molar-refractivity contribution >= 4 is 34.8 Å². The minimum Gasteiger partial charge on any atom is -1.00 e. The molecule has 9 heteroatoms. The van der Waals surface area contributed by atoms with Crippen LogP contribution >= 0.6 is 7.26 Å². The zero-order chi connectivity index (χ0) is 36.2. The van der Waals surface area contributed by atoms with E-state index >= 15 is 0 Å². The molecule has 0 fully saturated rings. The highest BCUT2D eigenvalue weighted by Crippen LogP contribution is 2.56. The van der Waals surface area contributed by atoms with Gasteiger partial charge in [0.1, 0.15) is 29.3 Å². The fourth-order valence-electron chi connectivity index (χ4n) is 6.99. The van der Waals surface area contributed by atoms with Gasteiger partial charge in [-0.15, -0.1) is 0 Å². The van der Waals surface area contributed by atoms with Crippen LogP contribution in [0.15, 0.2) is 115 Å². The quantitative estimate of drug-likeness (QED) is 0.0373. The molecule has 3 N–H and O–H groups in total. The van der Waals surface area contributed by atoms with Crippen LogP contribution < -0.4 is 38.2 Å². The summed E-state index contributed by atoms with van der Waals surface area (Å²) < 4.78 is 0. The molecule has 0 bridgehead atoms. The molecule has 0 unspecified atom stereocenters. The molecule has 0 aliphatic heterocycles. The maximum absolute atomic E-state index is 12.4. The number of carbonyl (C=O) groups excluding carboxylic acids is 1. The molecule has 280 valence electrons. The van der Waals surface area contributed by atoms with Crippen LogP contribution in [0.1, 0.15) is 102 Å². The fourth-order valence-corrected chi connectivity index (χ4v) is 11.4. The second kappa shape index (κ2) is 24.0. The molecule has 52 heavy (non-hydrogen) atoms. The van der Waals surface area contributed by atoms with Gasteiger partial charge >= 0.3 is 0 Å². The number of nitrogens with zero attached hydrogens (tertiary/aromatic N) is 1. The lowest BCUT2D eigenvalue weighted by Crippen LogP contribution is -3.00. The summed E-state index contributed by atoms with van der Waals surface area (Å²) in [6, 6.07) is 38.2. The van der Waals surface area contributed by atoms with Crippen molar-refractivity contribution in [2.45, 2.75) is 102 Å². The number of halogens is 1. The summed E-state index contributed by atoms with van der Waals surface area (Å²) in [4.78, 5) is 22.7. The van der Waals surface area contributed by atoms with E-state index < -0.39 is 30.9 Å². The summed E-state index contributed by atoms with van der Waals surface area (Å²) >= 11 is 0. The third-order valence-electron chi connectivity index (χ3n) is 9.86. The van der Waals surface area contributed by atoms with Crippen molar-refractivity contribution in [2.75, 3.05) is 12.8 Å². The van der Waals surface area contributed by atoms with E-state index in [0.29, 0.717) is 12.0 Å². The number of hydrogen-bond donors (Lipinski definition) is 3. The highest BCUT2D eigenvalue weighted by molar-refractivity contribution is 7.95. The molecule has 0 aliphatic rings. The van der Waals surface area contributed by atoms with Gasteiger partial charge in [-0.05, 0) is 73.4 Å². The van der Waals surface area contributed by atoms with Crippen molar-refractivity contribution in [3.05, 3.63) is 131 Å². The molecule has 2 atom stereocenters. The number of non-ortho nitro benzene ring substituents is 1. The third-order valence-corrected chi connectivity index (χ3v) is 14.4. The molecule has 0 aromatic heterocycles. The Morgan fingerprint density at radius 1 is 0.615 bits per heavy atom. The van der Waals surface area contributed by atoms with Gasteiger partial charge in [0.15, 0.2) is 0 Å². The van der Waals surface area contributed by atoms with Crippen molar-refractivity contribution < 1.29 is 36.9 Å². The first-order valence-electron chi connectivity index (χ1n) is 18.8. The molecule has 0 spiro atoms. The van der Waals surface area contributed by atoms with Crippen LogP contribution in [0.2, 0.25) is 0 Å².